The van der Waals surface area contributed by atoms with Crippen LogP contribution in [0.2, 0.25) is 0 Å². The Labute approximate surface area is 143 Å². The molecule has 120 valence electrons. The summed E-state index contributed by atoms with van der Waals surface area (Å²) in [5.41, 5.74) is 2.56. The number of rotatable bonds is 3. The highest BCUT2D eigenvalue weighted by Crippen LogP contribution is 2.16. The van der Waals surface area contributed by atoms with Gasteiger partial charge in [0.25, 0.3) is 0 Å². The Balaban J connectivity index is 1.52. The summed E-state index contributed by atoms with van der Waals surface area (Å²) in [4.78, 5) is 4.69. The van der Waals surface area contributed by atoms with E-state index >= 15 is 0 Å². The zero-order valence-corrected chi connectivity index (χ0v) is 14.3. The van der Waals surface area contributed by atoms with Crippen LogP contribution in [0.25, 0.3) is 0 Å². The van der Waals surface area contributed by atoms with Crippen LogP contribution in [0.3, 0.4) is 0 Å². The number of hydrogen-bond donors (Lipinski definition) is 1. The molecule has 1 fully saturated rings. The van der Waals surface area contributed by atoms with Gasteiger partial charge in [0.15, 0.2) is 5.11 Å². The van der Waals surface area contributed by atoms with Crippen molar-refractivity contribution in [3.63, 3.8) is 0 Å². The van der Waals surface area contributed by atoms with Gasteiger partial charge in [-0.15, -0.1) is 0 Å². The molecule has 0 amide bonds. The quantitative estimate of drug-likeness (QED) is 0.871. The summed E-state index contributed by atoms with van der Waals surface area (Å²) in [7, 11) is 0. The summed E-state index contributed by atoms with van der Waals surface area (Å²) in [6.07, 6.45) is 0. The second kappa shape index (κ2) is 7.47. The van der Waals surface area contributed by atoms with Crippen LogP contribution < -0.4 is 10.2 Å². The second-order valence-electron chi connectivity index (χ2n) is 5.89. The molecule has 1 unspecified atom stereocenters. The summed E-state index contributed by atoms with van der Waals surface area (Å²) in [5, 5.41) is 4.31. The fraction of sp³-hybridized carbons (Fsp3) is 0.316. The molecule has 3 rings (SSSR count). The Bertz CT molecular complexity index is 622. The van der Waals surface area contributed by atoms with Gasteiger partial charge in [-0.1, -0.05) is 48.5 Å². The maximum absolute atomic E-state index is 5.60. The molecule has 0 aromatic heterocycles. The number of benzene rings is 2. The van der Waals surface area contributed by atoms with Crippen molar-refractivity contribution in [2.75, 3.05) is 31.1 Å². The van der Waals surface area contributed by atoms with Crippen LogP contribution in [0.4, 0.5) is 5.69 Å². The van der Waals surface area contributed by atoms with E-state index in [1.807, 2.05) is 6.07 Å². The Morgan fingerprint density at radius 2 is 1.48 bits per heavy atom. The summed E-state index contributed by atoms with van der Waals surface area (Å²) >= 11 is 5.60. The largest absolute Gasteiger partial charge is 0.368 e. The van der Waals surface area contributed by atoms with Gasteiger partial charge in [0, 0.05) is 31.9 Å². The zero-order valence-electron chi connectivity index (χ0n) is 13.5. The Morgan fingerprint density at radius 3 is 2.09 bits per heavy atom. The number of nitrogens with one attached hydrogen (secondary N) is 1. The number of piperazine rings is 1. The van der Waals surface area contributed by atoms with Crippen LogP contribution in [0, 0.1) is 0 Å². The number of thiocarbonyl (C=S) groups is 1. The van der Waals surface area contributed by atoms with Crippen LogP contribution in [0.1, 0.15) is 18.5 Å². The maximum Gasteiger partial charge on any atom is 0.169 e. The summed E-state index contributed by atoms with van der Waals surface area (Å²) in [5.74, 6) is 0. The van der Waals surface area contributed by atoms with E-state index in [1.165, 1.54) is 11.3 Å². The minimum absolute atomic E-state index is 0.232. The summed E-state index contributed by atoms with van der Waals surface area (Å²) in [6.45, 7) is 6.09. The molecule has 23 heavy (non-hydrogen) atoms. The lowest BCUT2D eigenvalue weighted by Gasteiger charge is -2.38. The first-order valence-corrected chi connectivity index (χ1v) is 8.55. The van der Waals surface area contributed by atoms with Crippen molar-refractivity contribution >= 4 is 23.0 Å². The van der Waals surface area contributed by atoms with E-state index in [4.69, 9.17) is 12.2 Å². The Kier molecular flexibility index (Phi) is 5.13. The summed E-state index contributed by atoms with van der Waals surface area (Å²) in [6, 6.07) is 21.3. The van der Waals surface area contributed by atoms with Crippen molar-refractivity contribution in [2.45, 2.75) is 13.0 Å². The minimum Gasteiger partial charge on any atom is -0.368 e. The highest BCUT2D eigenvalue weighted by Gasteiger charge is 2.20. The molecule has 2 aromatic carbocycles. The number of hydrogen-bond acceptors (Lipinski definition) is 2. The fourth-order valence-electron chi connectivity index (χ4n) is 2.91. The molecule has 0 aliphatic carbocycles. The van der Waals surface area contributed by atoms with Crippen LogP contribution >= 0.6 is 12.2 Å². The van der Waals surface area contributed by atoms with Gasteiger partial charge in [0.1, 0.15) is 0 Å². The molecule has 3 nitrogen and oxygen atoms in total. The third kappa shape index (κ3) is 4.02. The van der Waals surface area contributed by atoms with E-state index in [9.17, 15) is 0 Å². The van der Waals surface area contributed by atoms with Crippen molar-refractivity contribution in [3.05, 3.63) is 66.2 Å². The van der Waals surface area contributed by atoms with Crippen molar-refractivity contribution in [2.24, 2.45) is 0 Å². The average molecular weight is 325 g/mol. The van der Waals surface area contributed by atoms with Crippen LogP contribution in [-0.4, -0.2) is 36.2 Å². The van der Waals surface area contributed by atoms with Gasteiger partial charge in [-0.05, 0) is 36.8 Å². The molecule has 0 bridgehead atoms. The molecule has 4 heteroatoms. The lowest BCUT2D eigenvalue weighted by molar-refractivity contribution is 0.376. The molecule has 1 aliphatic rings. The molecule has 1 heterocycles. The van der Waals surface area contributed by atoms with Gasteiger partial charge in [-0.25, -0.2) is 0 Å². The predicted molar refractivity (Wildman–Crippen MR) is 101 cm³/mol. The van der Waals surface area contributed by atoms with Crippen LogP contribution in [0.15, 0.2) is 60.7 Å². The van der Waals surface area contributed by atoms with Crippen molar-refractivity contribution in [3.8, 4) is 0 Å². The summed E-state index contributed by atoms with van der Waals surface area (Å²) < 4.78 is 0. The highest BCUT2D eigenvalue weighted by atomic mass is 32.1. The third-order valence-electron chi connectivity index (χ3n) is 4.33. The average Bonchev–Trinajstić information content (AvgIpc) is 2.63. The van der Waals surface area contributed by atoms with Crippen LogP contribution in [-0.2, 0) is 0 Å². The lowest BCUT2D eigenvalue weighted by atomic mass is 10.1. The smallest absolute Gasteiger partial charge is 0.169 e. The molecule has 0 saturated carbocycles. The molecule has 2 aromatic rings. The molecule has 1 aliphatic heterocycles. The number of anilines is 1. The minimum atomic E-state index is 0.232. The van der Waals surface area contributed by atoms with Crippen molar-refractivity contribution < 1.29 is 0 Å². The van der Waals surface area contributed by atoms with E-state index in [1.54, 1.807) is 0 Å². The fourth-order valence-corrected chi connectivity index (χ4v) is 3.27. The van der Waals surface area contributed by atoms with Gasteiger partial charge in [0.2, 0.25) is 0 Å². The molecule has 0 spiro atoms. The second-order valence-corrected chi connectivity index (χ2v) is 6.28. The first-order chi connectivity index (χ1) is 11.2. The highest BCUT2D eigenvalue weighted by molar-refractivity contribution is 7.80. The predicted octanol–water partition coefficient (Wildman–Crippen LogP) is 3.44. The molecular weight excluding hydrogens is 302 g/mol. The molecular formula is C19H23N3S. The normalized spacial score (nSPS) is 16.0. The topological polar surface area (TPSA) is 18.5 Å². The van der Waals surface area contributed by atoms with Gasteiger partial charge in [-0.2, -0.15) is 0 Å². The monoisotopic (exact) mass is 325 g/mol. The van der Waals surface area contributed by atoms with Crippen LogP contribution in [0.5, 0.6) is 0 Å². The maximum atomic E-state index is 5.60. The van der Waals surface area contributed by atoms with E-state index in [0.717, 1.165) is 31.3 Å². The molecule has 1 N–H and O–H groups in total. The van der Waals surface area contributed by atoms with Gasteiger partial charge >= 0.3 is 0 Å². The first kappa shape index (κ1) is 15.8. The molecule has 0 radical (unpaired) electrons. The van der Waals surface area contributed by atoms with E-state index in [0.29, 0.717) is 0 Å². The zero-order chi connectivity index (χ0) is 16.1. The number of nitrogens with zero attached hydrogens (tertiary/aromatic N) is 2. The lowest BCUT2D eigenvalue weighted by Crippen LogP contribution is -2.52. The van der Waals surface area contributed by atoms with Crippen molar-refractivity contribution in [1.82, 2.24) is 10.2 Å². The van der Waals surface area contributed by atoms with Gasteiger partial charge in [-0.3, -0.25) is 0 Å². The van der Waals surface area contributed by atoms with E-state index < -0.39 is 0 Å². The Morgan fingerprint density at radius 1 is 0.913 bits per heavy atom. The van der Waals surface area contributed by atoms with Gasteiger partial charge in [0.05, 0.1) is 6.04 Å². The standard InChI is InChI=1S/C19H23N3S/c1-16(17-8-4-2-5-9-17)20-19(23)22-14-12-21(13-15-22)18-10-6-3-7-11-18/h2-11,16H,12-15H2,1H3,(H,20,23). The SMILES string of the molecule is CC(NC(=S)N1CCN(c2ccccc2)CC1)c1ccccc1. The van der Waals surface area contributed by atoms with E-state index in [2.05, 4.69) is 76.6 Å². The van der Waals surface area contributed by atoms with Gasteiger partial charge < -0.3 is 15.1 Å². The third-order valence-corrected chi connectivity index (χ3v) is 4.70. The first-order valence-electron chi connectivity index (χ1n) is 8.14. The Hall–Kier alpha value is -2.07. The van der Waals surface area contributed by atoms with Crippen molar-refractivity contribution in [1.29, 1.82) is 0 Å². The van der Waals surface area contributed by atoms with E-state index in [-0.39, 0.29) is 6.04 Å². The molecule has 1 atom stereocenters. The number of para-hydroxylation sites is 1. The molecule has 1 saturated heterocycles.